The Kier molecular flexibility index (Phi) is 2.85. The lowest BCUT2D eigenvalue weighted by molar-refractivity contribution is 0.0860. The Morgan fingerprint density at radius 1 is 1.29 bits per heavy atom. The van der Waals surface area contributed by atoms with Crippen LogP contribution in [0, 0.1) is 17.8 Å². The van der Waals surface area contributed by atoms with Gasteiger partial charge in [-0.3, -0.25) is 0 Å². The van der Waals surface area contributed by atoms with E-state index in [0.29, 0.717) is 11.8 Å². The van der Waals surface area contributed by atoms with Crippen LogP contribution < -0.4 is 5.73 Å². The minimum absolute atomic E-state index is 0.0724. The SMILES string of the molecule is CC1CCC(N)(C2CCOC2)C(C)C1. The molecule has 4 unspecified atom stereocenters. The predicted octanol–water partition coefficient (Wildman–Crippen LogP) is 2.18. The van der Waals surface area contributed by atoms with Crippen molar-refractivity contribution in [1.82, 2.24) is 0 Å². The highest BCUT2D eigenvalue weighted by atomic mass is 16.5. The van der Waals surface area contributed by atoms with Crippen LogP contribution in [-0.2, 0) is 4.74 Å². The van der Waals surface area contributed by atoms with E-state index in [1.807, 2.05) is 0 Å². The fraction of sp³-hybridized carbons (Fsp3) is 1.00. The Morgan fingerprint density at radius 3 is 2.64 bits per heavy atom. The van der Waals surface area contributed by atoms with Crippen LogP contribution >= 0.6 is 0 Å². The number of rotatable bonds is 1. The maximum atomic E-state index is 6.59. The molecule has 1 aliphatic carbocycles. The molecule has 2 heteroatoms. The standard InChI is InChI=1S/C12H23NO/c1-9-3-5-12(13,10(2)7-9)11-4-6-14-8-11/h9-11H,3-8,13H2,1-2H3. The molecule has 4 atom stereocenters. The molecular weight excluding hydrogens is 174 g/mol. The first-order valence-corrected chi connectivity index (χ1v) is 5.99. The molecule has 0 aromatic heterocycles. The van der Waals surface area contributed by atoms with Gasteiger partial charge >= 0.3 is 0 Å². The van der Waals surface area contributed by atoms with Gasteiger partial charge in [0.1, 0.15) is 0 Å². The van der Waals surface area contributed by atoms with Crippen molar-refractivity contribution in [1.29, 1.82) is 0 Å². The van der Waals surface area contributed by atoms with Crippen molar-refractivity contribution >= 4 is 0 Å². The maximum Gasteiger partial charge on any atom is 0.0512 e. The molecule has 0 bridgehead atoms. The average molecular weight is 197 g/mol. The summed E-state index contributed by atoms with van der Waals surface area (Å²) in [6, 6.07) is 0. The Morgan fingerprint density at radius 2 is 2.07 bits per heavy atom. The zero-order chi connectivity index (χ0) is 10.2. The Bertz CT molecular complexity index is 200. The molecule has 0 spiro atoms. The van der Waals surface area contributed by atoms with Crippen molar-refractivity contribution in [3.05, 3.63) is 0 Å². The highest BCUT2D eigenvalue weighted by Gasteiger charge is 2.44. The number of nitrogens with two attached hydrogens (primary N) is 1. The molecule has 1 aliphatic heterocycles. The van der Waals surface area contributed by atoms with Gasteiger partial charge in [-0.1, -0.05) is 13.8 Å². The third-order valence-corrected chi connectivity index (χ3v) is 4.43. The third-order valence-electron chi connectivity index (χ3n) is 4.43. The molecule has 1 saturated heterocycles. The van der Waals surface area contributed by atoms with E-state index in [9.17, 15) is 0 Å². The molecule has 14 heavy (non-hydrogen) atoms. The molecule has 2 N–H and O–H groups in total. The van der Waals surface area contributed by atoms with Crippen LogP contribution in [0.25, 0.3) is 0 Å². The van der Waals surface area contributed by atoms with E-state index in [0.717, 1.165) is 19.1 Å². The van der Waals surface area contributed by atoms with Gasteiger partial charge in [-0.25, -0.2) is 0 Å². The molecule has 0 amide bonds. The first-order chi connectivity index (χ1) is 6.63. The van der Waals surface area contributed by atoms with Gasteiger partial charge in [-0.15, -0.1) is 0 Å². The van der Waals surface area contributed by atoms with E-state index in [1.165, 1.54) is 25.7 Å². The molecule has 0 radical (unpaired) electrons. The van der Waals surface area contributed by atoms with Crippen molar-refractivity contribution in [3.8, 4) is 0 Å². The lowest BCUT2D eigenvalue weighted by Gasteiger charge is -2.45. The van der Waals surface area contributed by atoms with Gasteiger partial charge in [0.25, 0.3) is 0 Å². The average Bonchev–Trinajstić information content (AvgIpc) is 2.65. The minimum Gasteiger partial charge on any atom is -0.381 e. The highest BCUT2D eigenvalue weighted by molar-refractivity contribution is 4.99. The highest BCUT2D eigenvalue weighted by Crippen LogP contribution is 2.42. The summed E-state index contributed by atoms with van der Waals surface area (Å²) in [5, 5.41) is 0. The summed E-state index contributed by atoms with van der Waals surface area (Å²) in [5.74, 6) is 2.15. The van der Waals surface area contributed by atoms with E-state index in [1.54, 1.807) is 0 Å². The number of hydrogen-bond acceptors (Lipinski definition) is 2. The Hall–Kier alpha value is -0.0800. The van der Waals surface area contributed by atoms with Crippen LogP contribution in [0.2, 0.25) is 0 Å². The van der Waals surface area contributed by atoms with E-state index >= 15 is 0 Å². The van der Waals surface area contributed by atoms with Crippen molar-refractivity contribution in [3.63, 3.8) is 0 Å². The lowest BCUT2D eigenvalue weighted by atomic mass is 9.64. The first kappa shape index (κ1) is 10.4. The van der Waals surface area contributed by atoms with Gasteiger partial charge in [-0.2, -0.15) is 0 Å². The monoisotopic (exact) mass is 197 g/mol. The molecule has 0 aromatic rings. The fourth-order valence-electron chi connectivity index (χ4n) is 3.25. The summed E-state index contributed by atoms with van der Waals surface area (Å²) < 4.78 is 5.47. The summed E-state index contributed by atoms with van der Waals surface area (Å²) in [4.78, 5) is 0. The van der Waals surface area contributed by atoms with Crippen LogP contribution in [0.5, 0.6) is 0 Å². The van der Waals surface area contributed by atoms with Crippen molar-refractivity contribution in [2.75, 3.05) is 13.2 Å². The van der Waals surface area contributed by atoms with Gasteiger partial charge < -0.3 is 10.5 Å². The minimum atomic E-state index is 0.0724. The van der Waals surface area contributed by atoms with Crippen molar-refractivity contribution in [2.24, 2.45) is 23.5 Å². The van der Waals surface area contributed by atoms with Gasteiger partial charge in [0.05, 0.1) is 6.61 Å². The lowest BCUT2D eigenvalue weighted by Crippen LogP contribution is -2.55. The zero-order valence-electron chi connectivity index (χ0n) is 9.46. The molecule has 2 rings (SSSR count). The first-order valence-electron chi connectivity index (χ1n) is 5.99. The normalized spacial score (nSPS) is 49.5. The molecule has 1 saturated carbocycles. The Labute approximate surface area is 87.2 Å². The fourth-order valence-corrected chi connectivity index (χ4v) is 3.25. The number of ether oxygens (including phenoxy) is 1. The zero-order valence-corrected chi connectivity index (χ0v) is 9.46. The van der Waals surface area contributed by atoms with Gasteiger partial charge in [0.15, 0.2) is 0 Å². The van der Waals surface area contributed by atoms with Gasteiger partial charge in [-0.05, 0) is 37.5 Å². The van der Waals surface area contributed by atoms with E-state index < -0.39 is 0 Å². The van der Waals surface area contributed by atoms with Crippen molar-refractivity contribution in [2.45, 2.75) is 45.1 Å². The van der Waals surface area contributed by atoms with Crippen LogP contribution in [-0.4, -0.2) is 18.8 Å². The van der Waals surface area contributed by atoms with Crippen LogP contribution in [0.3, 0.4) is 0 Å². The second kappa shape index (κ2) is 3.82. The van der Waals surface area contributed by atoms with E-state index in [2.05, 4.69) is 13.8 Å². The molecule has 2 aliphatic rings. The van der Waals surface area contributed by atoms with Gasteiger partial charge in [0, 0.05) is 18.1 Å². The quantitative estimate of drug-likeness (QED) is 0.699. The smallest absolute Gasteiger partial charge is 0.0512 e. The summed E-state index contributed by atoms with van der Waals surface area (Å²) >= 11 is 0. The molecule has 2 nitrogen and oxygen atoms in total. The largest absolute Gasteiger partial charge is 0.381 e. The number of hydrogen-bond donors (Lipinski definition) is 1. The van der Waals surface area contributed by atoms with E-state index in [4.69, 9.17) is 10.5 Å². The summed E-state index contributed by atoms with van der Waals surface area (Å²) in [6.07, 6.45) is 4.98. The summed E-state index contributed by atoms with van der Waals surface area (Å²) in [5.41, 5.74) is 6.66. The third kappa shape index (κ3) is 1.70. The predicted molar refractivity (Wildman–Crippen MR) is 58.0 cm³/mol. The second-order valence-corrected chi connectivity index (χ2v) is 5.45. The molecular formula is C12H23NO. The topological polar surface area (TPSA) is 35.2 Å². The maximum absolute atomic E-state index is 6.59. The molecule has 1 heterocycles. The molecule has 0 aromatic carbocycles. The van der Waals surface area contributed by atoms with E-state index in [-0.39, 0.29) is 5.54 Å². The summed E-state index contributed by atoms with van der Waals surface area (Å²) in [7, 11) is 0. The summed E-state index contributed by atoms with van der Waals surface area (Å²) in [6.45, 7) is 6.50. The molecule has 2 fully saturated rings. The second-order valence-electron chi connectivity index (χ2n) is 5.45. The van der Waals surface area contributed by atoms with Gasteiger partial charge in [0.2, 0.25) is 0 Å². The van der Waals surface area contributed by atoms with Crippen molar-refractivity contribution < 1.29 is 4.74 Å². The Balaban J connectivity index is 2.05. The van der Waals surface area contributed by atoms with Crippen LogP contribution in [0.4, 0.5) is 0 Å². The van der Waals surface area contributed by atoms with Crippen LogP contribution in [0.15, 0.2) is 0 Å². The van der Waals surface area contributed by atoms with Crippen LogP contribution in [0.1, 0.15) is 39.5 Å². The molecule has 82 valence electrons.